The molecule has 0 heterocycles. The van der Waals surface area contributed by atoms with E-state index >= 15 is 0 Å². The first-order valence-electron chi connectivity index (χ1n) is 4.26. The second-order valence-electron chi connectivity index (χ2n) is 2.56. The van der Waals surface area contributed by atoms with Crippen molar-refractivity contribution in [3.8, 4) is 0 Å². The van der Waals surface area contributed by atoms with Crippen LogP contribution in [0.25, 0.3) is 0 Å². The number of rotatable bonds is 6. The van der Waals surface area contributed by atoms with Gasteiger partial charge in [-0.2, -0.15) is 0 Å². The Hall–Kier alpha value is -1.19. The number of nitrogens with zero attached hydrogens (tertiary/aromatic N) is 1. The predicted octanol–water partition coefficient (Wildman–Crippen LogP) is 0.858. The Kier molecular flexibility index (Phi) is 7.13. The summed E-state index contributed by atoms with van der Waals surface area (Å²) in [4.78, 5) is 0. The van der Waals surface area contributed by atoms with Gasteiger partial charge in [0, 0.05) is 6.20 Å². The highest BCUT2D eigenvalue weighted by Gasteiger charge is 1.80. The zero-order valence-corrected chi connectivity index (χ0v) is 7.59. The molecule has 0 atom stereocenters. The molecule has 0 aliphatic carbocycles. The van der Waals surface area contributed by atoms with Gasteiger partial charge < -0.3 is 11.5 Å². The SMILES string of the molecule is CCCCCC=CNN=C(N)N. The van der Waals surface area contributed by atoms with E-state index in [-0.39, 0.29) is 5.96 Å². The van der Waals surface area contributed by atoms with Gasteiger partial charge in [-0.1, -0.05) is 25.8 Å². The van der Waals surface area contributed by atoms with Gasteiger partial charge in [-0.15, -0.1) is 5.10 Å². The standard InChI is InChI=1S/C8H18N4/c1-2-3-4-5-6-7-11-12-8(9)10/h6-7,11H,2-5H2,1H3,(H4,9,10,12). The van der Waals surface area contributed by atoms with Crippen LogP contribution in [0.15, 0.2) is 17.4 Å². The summed E-state index contributed by atoms with van der Waals surface area (Å²) in [5, 5.41) is 3.58. The van der Waals surface area contributed by atoms with Crippen LogP contribution in [0.3, 0.4) is 0 Å². The molecule has 0 aromatic rings. The first-order valence-corrected chi connectivity index (χ1v) is 4.26. The number of hydrogen-bond acceptors (Lipinski definition) is 2. The lowest BCUT2D eigenvalue weighted by atomic mass is 10.2. The lowest BCUT2D eigenvalue weighted by molar-refractivity contribution is 0.726. The minimum Gasteiger partial charge on any atom is -0.369 e. The van der Waals surface area contributed by atoms with Crippen molar-refractivity contribution in [3.63, 3.8) is 0 Å². The average molecular weight is 170 g/mol. The molecule has 0 aliphatic rings. The van der Waals surface area contributed by atoms with Crippen LogP contribution >= 0.6 is 0 Å². The molecule has 4 heteroatoms. The molecule has 0 saturated carbocycles. The summed E-state index contributed by atoms with van der Waals surface area (Å²) in [6, 6.07) is 0. The second-order valence-corrected chi connectivity index (χ2v) is 2.56. The average Bonchev–Trinajstić information content (AvgIpc) is 2.02. The Bertz CT molecular complexity index is 147. The summed E-state index contributed by atoms with van der Waals surface area (Å²) >= 11 is 0. The Labute approximate surface area is 73.7 Å². The molecule has 0 spiro atoms. The minimum atomic E-state index is 0.0493. The van der Waals surface area contributed by atoms with Crippen LogP contribution in [0, 0.1) is 0 Å². The van der Waals surface area contributed by atoms with Crippen LogP contribution in [0.1, 0.15) is 32.6 Å². The second kappa shape index (κ2) is 7.91. The lowest BCUT2D eigenvalue weighted by Gasteiger charge is -1.92. The van der Waals surface area contributed by atoms with Crippen LogP contribution in [-0.2, 0) is 0 Å². The molecule has 0 aromatic heterocycles. The monoisotopic (exact) mass is 170 g/mol. The van der Waals surface area contributed by atoms with Gasteiger partial charge in [0.25, 0.3) is 0 Å². The molecule has 0 aromatic carbocycles. The van der Waals surface area contributed by atoms with E-state index in [1.807, 2.05) is 6.08 Å². The van der Waals surface area contributed by atoms with Crippen molar-refractivity contribution in [2.75, 3.05) is 0 Å². The van der Waals surface area contributed by atoms with Gasteiger partial charge in [0.2, 0.25) is 5.96 Å². The Morgan fingerprint density at radius 1 is 1.42 bits per heavy atom. The molecule has 0 radical (unpaired) electrons. The van der Waals surface area contributed by atoms with Crippen LogP contribution in [-0.4, -0.2) is 5.96 Å². The summed E-state index contributed by atoms with van der Waals surface area (Å²) in [6.45, 7) is 2.18. The number of nitrogens with one attached hydrogen (secondary N) is 1. The molecule has 0 unspecified atom stereocenters. The zero-order chi connectivity index (χ0) is 9.23. The fourth-order valence-electron chi connectivity index (χ4n) is 0.760. The van der Waals surface area contributed by atoms with Crippen LogP contribution in [0.5, 0.6) is 0 Å². The third-order valence-electron chi connectivity index (χ3n) is 1.36. The minimum absolute atomic E-state index is 0.0493. The summed E-state index contributed by atoms with van der Waals surface area (Å²) in [5.74, 6) is 0.0493. The smallest absolute Gasteiger partial charge is 0.208 e. The molecule has 12 heavy (non-hydrogen) atoms. The largest absolute Gasteiger partial charge is 0.369 e. The molecule has 4 nitrogen and oxygen atoms in total. The molecule has 0 fully saturated rings. The van der Waals surface area contributed by atoms with E-state index in [9.17, 15) is 0 Å². The summed E-state index contributed by atoms with van der Waals surface area (Å²) < 4.78 is 0. The van der Waals surface area contributed by atoms with E-state index in [1.165, 1.54) is 19.3 Å². The molecule has 0 bridgehead atoms. The van der Waals surface area contributed by atoms with Crippen molar-refractivity contribution in [3.05, 3.63) is 12.3 Å². The van der Waals surface area contributed by atoms with Crippen molar-refractivity contribution in [1.82, 2.24) is 5.43 Å². The topological polar surface area (TPSA) is 76.4 Å². The molecule has 0 saturated heterocycles. The molecule has 0 amide bonds. The number of hydrazone groups is 1. The van der Waals surface area contributed by atoms with E-state index in [4.69, 9.17) is 11.5 Å². The first-order chi connectivity index (χ1) is 5.77. The maximum atomic E-state index is 5.09. The Morgan fingerprint density at radius 2 is 2.17 bits per heavy atom. The fourth-order valence-corrected chi connectivity index (χ4v) is 0.760. The van der Waals surface area contributed by atoms with Gasteiger partial charge in [-0.05, 0) is 12.8 Å². The molecular formula is C8H18N4. The van der Waals surface area contributed by atoms with E-state index in [0.717, 1.165) is 6.42 Å². The highest BCUT2D eigenvalue weighted by atomic mass is 15.3. The Balaban J connectivity index is 3.20. The van der Waals surface area contributed by atoms with Crippen molar-refractivity contribution in [2.45, 2.75) is 32.6 Å². The molecule has 70 valence electrons. The third kappa shape index (κ3) is 8.81. The van der Waals surface area contributed by atoms with Crippen molar-refractivity contribution in [2.24, 2.45) is 16.6 Å². The van der Waals surface area contributed by atoms with Crippen LogP contribution in [0.2, 0.25) is 0 Å². The van der Waals surface area contributed by atoms with E-state index in [2.05, 4.69) is 17.5 Å². The highest BCUT2D eigenvalue weighted by molar-refractivity contribution is 5.75. The summed E-state index contributed by atoms with van der Waals surface area (Å²) in [5.41, 5.74) is 12.8. The Morgan fingerprint density at radius 3 is 2.75 bits per heavy atom. The summed E-state index contributed by atoms with van der Waals surface area (Å²) in [7, 11) is 0. The lowest BCUT2D eigenvalue weighted by Crippen LogP contribution is -2.24. The molecule has 0 rings (SSSR count). The molecular weight excluding hydrogens is 152 g/mol. The third-order valence-corrected chi connectivity index (χ3v) is 1.36. The normalized spacial score (nSPS) is 10.1. The van der Waals surface area contributed by atoms with E-state index in [1.54, 1.807) is 6.20 Å². The fraction of sp³-hybridized carbons (Fsp3) is 0.625. The summed E-state index contributed by atoms with van der Waals surface area (Å²) in [6.07, 6.45) is 8.57. The number of guanidine groups is 1. The van der Waals surface area contributed by atoms with Gasteiger partial charge in [0.15, 0.2) is 0 Å². The maximum absolute atomic E-state index is 5.09. The predicted molar refractivity (Wildman–Crippen MR) is 52.2 cm³/mol. The van der Waals surface area contributed by atoms with Crippen molar-refractivity contribution in [1.29, 1.82) is 0 Å². The maximum Gasteiger partial charge on any atom is 0.208 e. The molecule has 0 aliphatic heterocycles. The van der Waals surface area contributed by atoms with Crippen molar-refractivity contribution < 1.29 is 0 Å². The van der Waals surface area contributed by atoms with E-state index in [0.29, 0.717) is 0 Å². The number of hydrogen-bond donors (Lipinski definition) is 3. The molecule has 5 N–H and O–H groups in total. The first kappa shape index (κ1) is 10.8. The number of allylic oxidation sites excluding steroid dienone is 1. The van der Waals surface area contributed by atoms with Crippen molar-refractivity contribution >= 4 is 5.96 Å². The van der Waals surface area contributed by atoms with Gasteiger partial charge in [0.05, 0.1) is 0 Å². The van der Waals surface area contributed by atoms with Crippen LogP contribution in [0.4, 0.5) is 0 Å². The highest BCUT2D eigenvalue weighted by Crippen LogP contribution is 1.98. The number of nitrogens with two attached hydrogens (primary N) is 2. The van der Waals surface area contributed by atoms with Gasteiger partial charge in [-0.25, -0.2) is 0 Å². The van der Waals surface area contributed by atoms with Gasteiger partial charge >= 0.3 is 0 Å². The quantitative estimate of drug-likeness (QED) is 0.239. The van der Waals surface area contributed by atoms with Crippen LogP contribution < -0.4 is 16.9 Å². The van der Waals surface area contributed by atoms with Gasteiger partial charge in [-0.3, -0.25) is 5.43 Å². The number of unbranched alkanes of at least 4 members (excludes halogenated alkanes) is 3. The van der Waals surface area contributed by atoms with E-state index < -0.39 is 0 Å². The zero-order valence-electron chi connectivity index (χ0n) is 7.59. The van der Waals surface area contributed by atoms with Gasteiger partial charge in [0.1, 0.15) is 0 Å².